The van der Waals surface area contributed by atoms with Crippen molar-refractivity contribution in [2.24, 2.45) is 5.92 Å². The third kappa shape index (κ3) is 4.50. The summed E-state index contributed by atoms with van der Waals surface area (Å²) in [7, 11) is 0. The minimum atomic E-state index is 0.0000414. The molecule has 1 fully saturated rings. The van der Waals surface area contributed by atoms with Crippen molar-refractivity contribution in [3.8, 4) is 11.3 Å². The molecule has 0 unspecified atom stereocenters. The van der Waals surface area contributed by atoms with E-state index in [9.17, 15) is 4.79 Å². The number of hydrogen-bond acceptors (Lipinski definition) is 4. The predicted molar refractivity (Wildman–Crippen MR) is 136 cm³/mol. The normalized spacial score (nSPS) is 14.6. The lowest BCUT2D eigenvalue weighted by Gasteiger charge is -2.32. The highest BCUT2D eigenvalue weighted by Gasteiger charge is 2.27. The van der Waals surface area contributed by atoms with Gasteiger partial charge in [0.25, 0.3) is 0 Å². The van der Waals surface area contributed by atoms with Gasteiger partial charge in [-0.3, -0.25) is 4.79 Å². The third-order valence-corrected chi connectivity index (χ3v) is 6.84. The van der Waals surface area contributed by atoms with E-state index in [1.165, 1.54) is 11.1 Å². The van der Waals surface area contributed by atoms with Gasteiger partial charge in [-0.15, -0.1) is 0 Å². The van der Waals surface area contributed by atoms with E-state index in [0.717, 1.165) is 58.7 Å². The van der Waals surface area contributed by atoms with Gasteiger partial charge in [0, 0.05) is 47.1 Å². The number of piperidine rings is 1. The van der Waals surface area contributed by atoms with Gasteiger partial charge < -0.3 is 10.2 Å². The molecule has 0 radical (unpaired) electrons. The monoisotopic (exact) mass is 503 g/mol. The fourth-order valence-corrected chi connectivity index (χ4v) is 4.69. The summed E-state index contributed by atoms with van der Waals surface area (Å²) in [4.78, 5) is 19.7. The van der Waals surface area contributed by atoms with Gasteiger partial charge in [0.05, 0.1) is 5.69 Å². The van der Waals surface area contributed by atoms with Gasteiger partial charge >= 0.3 is 0 Å². The van der Waals surface area contributed by atoms with Crippen LogP contribution in [0.3, 0.4) is 0 Å². The summed E-state index contributed by atoms with van der Waals surface area (Å²) in [5.41, 5.74) is 6.34. The second kappa shape index (κ2) is 8.98. The van der Waals surface area contributed by atoms with Crippen molar-refractivity contribution in [1.29, 1.82) is 0 Å². The van der Waals surface area contributed by atoms with E-state index in [0.29, 0.717) is 0 Å². The lowest BCUT2D eigenvalue weighted by atomic mass is 9.95. The first-order valence-electron chi connectivity index (χ1n) is 11.2. The molecule has 6 nitrogen and oxygen atoms in total. The van der Waals surface area contributed by atoms with Crippen LogP contribution in [0.1, 0.15) is 24.0 Å². The number of carbonyl (C=O) groups is 1. The van der Waals surface area contributed by atoms with Gasteiger partial charge in [0.15, 0.2) is 5.82 Å². The highest BCUT2D eigenvalue weighted by molar-refractivity contribution is 9.10. The molecule has 33 heavy (non-hydrogen) atoms. The summed E-state index contributed by atoms with van der Waals surface area (Å²) in [5, 5.41) is 7.87. The number of amides is 1. The van der Waals surface area contributed by atoms with E-state index in [-0.39, 0.29) is 11.8 Å². The first kappa shape index (κ1) is 21.6. The Morgan fingerprint density at radius 3 is 2.58 bits per heavy atom. The van der Waals surface area contributed by atoms with Crippen LogP contribution in [0.5, 0.6) is 0 Å². The van der Waals surface area contributed by atoms with Gasteiger partial charge in [0.2, 0.25) is 5.91 Å². The minimum absolute atomic E-state index is 0.0000414. The molecule has 0 bridgehead atoms. The molecule has 7 heteroatoms. The van der Waals surface area contributed by atoms with Crippen molar-refractivity contribution in [2.45, 2.75) is 26.7 Å². The number of fused-ring (bicyclic) bond motifs is 1. The van der Waals surface area contributed by atoms with E-state index in [1.54, 1.807) is 6.20 Å². The second-order valence-corrected chi connectivity index (χ2v) is 9.60. The quantitative estimate of drug-likeness (QED) is 0.391. The predicted octanol–water partition coefficient (Wildman–Crippen LogP) is 5.63. The number of halogens is 1. The van der Waals surface area contributed by atoms with Crippen molar-refractivity contribution < 1.29 is 4.79 Å². The summed E-state index contributed by atoms with van der Waals surface area (Å²) in [5.74, 6) is 1.01. The van der Waals surface area contributed by atoms with E-state index in [2.05, 4.69) is 69.2 Å². The molecule has 2 aromatic heterocycles. The topological polar surface area (TPSA) is 62.5 Å². The molecule has 1 saturated heterocycles. The Morgan fingerprint density at radius 2 is 1.82 bits per heavy atom. The molecule has 0 aliphatic carbocycles. The summed E-state index contributed by atoms with van der Waals surface area (Å²) < 4.78 is 2.90. The van der Waals surface area contributed by atoms with Crippen LogP contribution >= 0.6 is 15.9 Å². The summed E-state index contributed by atoms with van der Waals surface area (Å²) in [6, 6.07) is 16.3. The molecule has 3 heterocycles. The molecule has 0 spiro atoms. The molecular weight excluding hydrogens is 478 g/mol. The average molecular weight is 504 g/mol. The number of aromatic nitrogens is 3. The van der Waals surface area contributed by atoms with Gasteiger partial charge in [-0.1, -0.05) is 33.6 Å². The molecule has 0 saturated carbocycles. The molecule has 5 rings (SSSR count). The number of aryl methyl sites for hydroxylation is 2. The molecule has 4 aromatic rings. The Bertz CT molecular complexity index is 1310. The van der Waals surface area contributed by atoms with E-state index in [1.807, 2.05) is 35.0 Å². The second-order valence-electron chi connectivity index (χ2n) is 8.69. The van der Waals surface area contributed by atoms with Crippen molar-refractivity contribution in [1.82, 2.24) is 14.6 Å². The fraction of sp³-hybridized carbons (Fsp3) is 0.269. The molecule has 2 aromatic carbocycles. The third-order valence-electron chi connectivity index (χ3n) is 6.32. The van der Waals surface area contributed by atoms with Gasteiger partial charge in [-0.2, -0.15) is 5.10 Å². The van der Waals surface area contributed by atoms with Crippen LogP contribution in [0.15, 0.2) is 65.4 Å². The number of nitrogens with one attached hydrogen (secondary N) is 1. The summed E-state index contributed by atoms with van der Waals surface area (Å²) in [6.07, 6.45) is 5.28. The van der Waals surface area contributed by atoms with Crippen molar-refractivity contribution in [2.75, 3.05) is 23.3 Å². The highest BCUT2D eigenvalue weighted by atomic mass is 79.9. The van der Waals surface area contributed by atoms with E-state index >= 15 is 0 Å². The molecule has 1 amide bonds. The number of hydrogen-bond donors (Lipinski definition) is 1. The first-order valence-corrected chi connectivity index (χ1v) is 12.0. The Balaban J connectivity index is 1.32. The number of benzene rings is 2. The number of anilines is 2. The zero-order chi connectivity index (χ0) is 22.9. The fourth-order valence-electron chi connectivity index (χ4n) is 4.43. The Hall–Kier alpha value is -3.19. The number of carbonyl (C=O) groups excluding carboxylic acids is 1. The zero-order valence-corrected chi connectivity index (χ0v) is 20.3. The van der Waals surface area contributed by atoms with Crippen LogP contribution in [-0.2, 0) is 4.79 Å². The average Bonchev–Trinajstić information content (AvgIpc) is 3.26. The largest absolute Gasteiger partial charge is 0.355 e. The van der Waals surface area contributed by atoms with Crippen LogP contribution in [-0.4, -0.2) is 33.6 Å². The molecule has 0 atom stereocenters. The standard InChI is InChI=1S/C26H26BrN5O/c1-17-3-4-18(2)22(15-17)23-16-24-25(28-11-14-32(24)30-23)31-12-9-19(10-13-31)26(33)29-21-7-5-20(27)6-8-21/h3-8,11,14-16,19H,9-10,12-13H2,1-2H3,(H,29,33). The first-order chi connectivity index (χ1) is 16.0. The van der Waals surface area contributed by atoms with E-state index < -0.39 is 0 Å². The molecule has 1 aliphatic heterocycles. The minimum Gasteiger partial charge on any atom is -0.355 e. The lowest BCUT2D eigenvalue weighted by Crippen LogP contribution is -2.38. The Labute approximate surface area is 201 Å². The van der Waals surface area contributed by atoms with Gasteiger partial charge in [-0.25, -0.2) is 9.50 Å². The molecule has 1 aliphatic rings. The van der Waals surface area contributed by atoms with E-state index in [4.69, 9.17) is 5.10 Å². The van der Waals surface area contributed by atoms with Gasteiger partial charge in [0.1, 0.15) is 5.52 Å². The number of rotatable bonds is 4. The molecule has 168 valence electrons. The van der Waals surface area contributed by atoms with Crippen LogP contribution in [0.2, 0.25) is 0 Å². The van der Waals surface area contributed by atoms with Gasteiger partial charge in [-0.05, 0) is 68.7 Å². The smallest absolute Gasteiger partial charge is 0.227 e. The maximum atomic E-state index is 12.8. The SMILES string of the molecule is Cc1ccc(C)c(-c2cc3c(N4CCC(C(=O)Nc5ccc(Br)cc5)CC4)nccn3n2)c1. The van der Waals surface area contributed by atoms with Crippen molar-refractivity contribution in [3.05, 3.63) is 76.5 Å². The Morgan fingerprint density at radius 1 is 1.06 bits per heavy atom. The Kier molecular flexibility index (Phi) is 5.89. The maximum absolute atomic E-state index is 12.8. The van der Waals surface area contributed by atoms with Crippen LogP contribution < -0.4 is 10.2 Å². The lowest BCUT2D eigenvalue weighted by molar-refractivity contribution is -0.120. The van der Waals surface area contributed by atoms with Crippen molar-refractivity contribution >= 4 is 38.9 Å². The van der Waals surface area contributed by atoms with Crippen LogP contribution in [0.25, 0.3) is 16.8 Å². The number of nitrogens with zero attached hydrogens (tertiary/aromatic N) is 4. The zero-order valence-electron chi connectivity index (χ0n) is 18.8. The highest BCUT2D eigenvalue weighted by Crippen LogP contribution is 2.30. The van der Waals surface area contributed by atoms with Crippen LogP contribution in [0.4, 0.5) is 11.5 Å². The van der Waals surface area contributed by atoms with Crippen LogP contribution in [0, 0.1) is 19.8 Å². The maximum Gasteiger partial charge on any atom is 0.227 e. The summed E-state index contributed by atoms with van der Waals surface area (Å²) in [6.45, 7) is 5.79. The molecule has 1 N–H and O–H groups in total. The summed E-state index contributed by atoms with van der Waals surface area (Å²) >= 11 is 3.43. The molecular formula is C26H26BrN5O. The van der Waals surface area contributed by atoms with Crippen molar-refractivity contribution in [3.63, 3.8) is 0 Å².